The number of ether oxygens (including phenoxy) is 2. The molecule has 1 atom stereocenters. The van der Waals surface area contributed by atoms with Crippen LogP contribution < -0.4 is 14.4 Å². The molecular weight excluding hydrogens is 490 g/mol. The molecule has 0 spiro atoms. The number of hydrogen-bond acceptors (Lipinski definition) is 5. The Labute approximate surface area is 230 Å². The number of ketones is 1. The Bertz CT molecular complexity index is 1440. The van der Waals surface area contributed by atoms with E-state index in [2.05, 4.69) is 20.8 Å². The lowest BCUT2D eigenvalue weighted by molar-refractivity contribution is -0.132. The van der Waals surface area contributed by atoms with Crippen LogP contribution in [0.3, 0.4) is 0 Å². The number of methoxy groups -OCH3 is 2. The van der Waals surface area contributed by atoms with Gasteiger partial charge in [0, 0.05) is 16.8 Å². The summed E-state index contributed by atoms with van der Waals surface area (Å²) >= 11 is 0. The van der Waals surface area contributed by atoms with Gasteiger partial charge in [-0.2, -0.15) is 0 Å². The van der Waals surface area contributed by atoms with E-state index in [0.717, 1.165) is 16.7 Å². The van der Waals surface area contributed by atoms with Gasteiger partial charge in [-0.3, -0.25) is 14.5 Å². The standard InChI is InChI=1S/C33H37NO5/c1-19(2)24-18-25(20(3)17-27(24)39-8)30(35)28-29(23-11-9-10-12-26(23)38-7)34(32(37)31(28)36)22-15-13-21(14-16-22)33(4,5)6/h9-19,29,35H,1-8H3/b30-28+. The lowest BCUT2D eigenvalue weighted by Crippen LogP contribution is -2.29. The molecule has 1 unspecified atom stereocenters. The minimum Gasteiger partial charge on any atom is -0.507 e. The molecule has 1 heterocycles. The predicted octanol–water partition coefficient (Wildman–Crippen LogP) is 7.06. The Morgan fingerprint density at radius 1 is 0.923 bits per heavy atom. The van der Waals surface area contributed by atoms with Gasteiger partial charge in [-0.05, 0) is 65.3 Å². The number of aliphatic hydroxyl groups is 1. The molecule has 3 aromatic rings. The first-order valence-corrected chi connectivity index (χ1v) is 13.1. The lowest BCUT2D eigenvalue weighted by Gasteiger charge is -2.28. The van der Waals surface area contributed by atoms with E-state index >= 15 is 0 Å². The SMILES string of the molecule is COc1cc(C)c(/C(O)=C2\C(=O)C(=O)N(c3ccc(C(C)(C)C)cc3)C2c2ccccc2OC)cc1C(C)C. The number of hydrogen-bond donors (Lipinski definition) is 1. The summed E-state index contributed by atoms with van der Waals surface area (Å²) in [5, 5.41) is 11.8. The number of anilines is 1. The summed E-state index contributed by atoms with van der Waals surface area (Å²) in [7, 11) is 3.16. The zero-order valence-electron chi connectivity index (χ0n) is 24.0. The second-order valence-electron chi connectivity index (χ2n) is 11.3. The molecule has 1 saturated heterocycles. The van der Waals surface area contributed by atoms with E-state index in [1.165, 1.54) is 4.90 Å². The van der Waals surface area contributed by atoms with Gasteiger partial charge in [-0.1, -0.05) is 65.0 Å². The Morgan fingerprint density at radius 3 is 2.10 bits per heavy atom. The third-order valence-electron chi connectivity index (χ3n) is 7.34. The largest absolute Gasteiger partial charge is 0.507 e. The first-order chi connectivity index (χ1) is 18.4. The number of carbonyl (C=O) groups is 2. The summed E-state index contributed by atoms with van der Waals surface area (Å²) in [4.78, 5) is 28.8. The van der Waals surface area contributed by atoms with E-state index in [4.69, 9.17) is 9.47 Å². The Kier molecular flexibility index (Phi) is 7.60. The number of carbonyl (C=O) groups excluding carboxylic acids is 2. The Morgan fingerprint density at radius 2 is 1.54 bits per heavy atom. The van der Waals surface area contributed by atoms with Crippen molar-refractivity contribution < 1.29 is 24.2 Å². The van der Waals surface area contributed by atoms with Gasteiger partial charge in [-0.25, -0.2) is 0 Å². The van der Waals surface area contributed by atoms with E-state index in [0.29, 0.717) is 28.3 Å². The van der Waals surface area contributed by atoms with Crippen LogP contribution in [0.5, 0.6) is 11.5 Å². The van der Waals surface area contributed by atoms with Crippen molar-refractivity contribution in [2.45, 2.75) is 58.9 Å². The number of Topliss-reactive ketones (excluding diaryl/α,β-unsaturated/α-hetero) is 1. The van der Waals surface area contributed by atoms with E-state index in [1.54, 1.807) is 20.3 Å². The van der Waals surface area contributed by atoms with Crippen LogP contribution in [0.4, 0.5) is 5.69 Å². The maximum atomic E-state index is 13.7. The minimum atomic E-state index is -0.884. The minimum absolute atomic E-state index is 0.0207. The molecule has 1 amide bonds. The Hall–Kier alpha value is -4.06. The fourth-order valence-corrected chi connectivity index (χ4v) is 5.13. The summed E-state index contributed by atoms with van der Waals surface area (Å²) in [6.07, 6.45) is 0. The van der Waals surface area contributed by atoms with Gasteiger partial charge in [0.1, 0.15) is 17.3 Å². The van der Waals surface area contributed by atoms with Crippen LogP contribution in [0.2, 0.25) is 0 Å². The molecule has 0 radical (unpaired) electrons. The normalized spacial score (nSPS) is 17.2. The summed E-state index contributed by atoms with van der Waals surface area (Å²) in [6, 6.07) is 17.7. The maximum Gasteiger partial charge on any atom is 0.300 e. The van der Waals surface area contributed by atoms with Gasteiger partial charge in [0.05, 0.1) is 25.8 Å². The molecule has 0 aromatic heterocycles. The molecule has 6 heteroatoms. The maximum absolute atomic E-state index is 13.7. The molecule has 1 fully saturated rings. The van der Waals surface area contributed by atoms with Crippen LogP contribution in [-0.2, 0) is 15.0 Å². The number of rotatable bonds is 6. The smallest absolute Gasteiger partial charge is 0.300 e. The zero-order chi connectivity index (χ0) is 28.6. The van der Waals surface area contributed by atoms with Crippen molar-refractivity contribution in [1.29, 1.82) is 0 Å². The Balaban J connectivity index is 1.99. The van der Waals surface area contributed by atoms with E-state index in [1.807, 2.05) is 75.4 Å². The molecule has 1 N–H and O–H groups in total. The number of aryl methyl sites for hydroxylation is 1. The van der Waals surface area contributed by atoms with Crippen LogP contribution in [0.1, 0.15) is 74.4 Å². The molecule has 0 saturated carbocycles. The van der Waals surface area contributed by atoms with Gasteiger partial charge in [0.25, 0.3) is 11.7 Å². The van der Waals surface area contributed by atoms with Crippen molar-refractivity contribution in [3.05, 3.63) is 94.1 Å². The van der Waals surface area contributed by atoms with Gasteiger partial charge in [0.15, 0.2) is 0 Å². The highest BCUT2D eigenvalue weighted by Gasteiger charge is 2.48. The molecule has 3 aromatic carbocycles. The lowest BCUT2D eigenvalue weighted by atomic mass is 9.87. The average Bonchev–Trinajstić information content (AvgIpc) is 3.17. The first kappa shape index (κ1) is 28.0. The van der Waals surface area contributed by atoms with Gasteiger partial charge < -0.3 is 14.6 Å². The van der Waals surface area contributed by atoms with Crippen molar-refractivity contribution in [2.75, 3.05) is 19.1 Å². The van der Waals surface area contributed by atoms with Gasteiger partial charge >= 0.3 is 0 Å². The molecule has 0 bridgehead atoms. The molecule has 6 nitrogen and oxygen atoms in total. The molecule has 1 aliphatic heterocycles. The molecule has 0 aliphatic carbocycles. The van der Waals surface area contributed by atoms with E-state index in [-0.39, 0.29) is 22.7 Å². The van der Waals surface area contributed by atoms with Crippen LogP contribution in [0.25, 0.3) is 5.76 Å². The number of benzene rings is 3. The van der Waals surface area contributed by atoms with E-state index in [9.17, 15) is 14.7 Å². The second kappa shape index (κ2) is 10.6. The highest BCUT2D eigenvalue weighted by molar-refractivity contribution is 6.51. The monoisotopic (exact) mass is 527 g/mol. The second-order valence-corrected chi connectivity index (χ2v) is 11.3. The van der Waals surface area contributed by atoms with Gasteiger partial charge in [0.2, 0.25) is 0 Å². The molecule has 39 heavy (non-hydrogen) atoms. The average molecular weight is 528 g/mol. The molecule has 4 rings (SSSR count). The molecule has 1 aliphatic rings. The highest BCUT2D eigenvalue weighted by atomic mass is 16.5. The fraction of sp³-hybridized carbons (Fsp3) is 0.333. The summed E-state index contributed by atoms with van der Waals surface area (Å²) in [6.45, 7) is 12.3. The first-order valence-electron chi connectivity index (χ1n) is 13.1. The third-order valence-corrected chi connectivity index (χ3v) is 7.34. The van der Waals surface area contributed by atoms with Crippen LogP contribution >= 0.6 is 0 Å². The van der Waals surface area contributed by atoms with Crippen molar-refractivity contribution in [1.82, 2.24) is 0 Å². The van der Waals surface area contributed by atoms with E-state index < -0.39 is 17.7 Å². The summed E-state index contributed by atoms with van der Waals surface area (Å²) in [5.41, 5.74) is 4.33. The number of nitrogens with zero attached hydrogens (tertiary/aromatic N) is 1. The van der Waals surface area contributed by atoms with Crippen molar-refractivity contribution >= 4 is 23.1 Å². The van der Waals surface area contributed by atoms with Gasteiger partial charge in [-0.15, -0.1) is 0 Å². The summed E-state index contributed by atoms with van der Waals surface area (Å²) < 4.78 is 11.2. The number of amides is 1. The molecular formula is C33H37NO5. The van der Waals surface area contributed by atoms with Crippen molar-refractivity contribution in [2.24, 2.45) is 0 Å². The third kappa shape index (κ3) is 5.03. The van der Waals surface area contributed by atoms with Crippen LogP contribution in [0, 0.1) is 6.92 Å². The topological polar surface area (TPSA) is 76.1 Å². The quantitative estimate of drug-likeness (QED) is 0.211. The van der Waals surface area contributed by atoms with Crippen LogP contribution in [-0.4, -0.2) is 31.0 Å². The van der Waals surface area contributed by atoms with Crippen molar-refractivity contribution in [3.63, 3.8) is 0 Å². The van der Waals surface area contributed by atoms with Crippen molar-refractivity contribution in [3.8, 4) is 11.5 Å². The molecule has 204 valence electrons. The predicted molar refractivity (Wildman–Crippen MR) is 155 cm³/mol. The number of para-hydroxylation sites is 1. The van der Waals surface area contributed by atoms with Crippen LogP contribution in [0.15, 0.2) is 66.2 Å². The highest BCUT2D eigenvalue weighted by Crippen LogP contribution is 2.46. The number of aliphatic hydroxyl groups excluding tert-OH is 1. The fourth-order valence-electron chi connectivity index (χ4n) is 5.13. The zero-order valence-corrected chi connectivity index (χ0v) is 24.0. The summed E-state index contributed by atoms with van der Waals surface area (Å²) in [5.74, 6) is -0.336.